The minimum atomic E-state index is -4.82. The standard InChI is InChI=1S/C7H3ClF3NO2/c8-6-4(3-13)1-2-5(12-6)14-7(9,10)11/h1-3H. The summed E-state index contributed by atoms with van der Waals surface area (Å²) in [5, 5.41) is -0.332. The Kier molecular flexibility index (Phi) is 2.95. The van der Waals surface area contributed by atoms with Crippen LogP contribution in [0.1, 0.15) is 10.4 Å². The summed E-state index contributed by atoms with van der Waals surface area (Å²) in [6.07, 6.45) is -4.44. The summed E-state index contributed by atoms with van der Waals surface area (Å²) in [5.41, 5.74) is 0.00110. The number of alkyl halides is 3. The van der Waals surface area contributed by atoms with Crippen molar-refractivity contribution < 1.29 is 22.7 Å². The van der Waals surface area contributed by atoms with Gasteiger partial charge < -0.3 is 4.74 Å². The van der Waals surface area contributed by atoms with Crippen LogP contribution in [-0.2, 0) is 0 Å². The second-order valence-electron chi connectivity index (χ2n) is 2.20. The number of hydrogen-bond donors (Lipinski definition) is 0. The quantitative estimate of drug-likeness (QED) is 0.573. The van der Waals surface area contributed by atoms with Gasteiger partial charge in [0.15, 0.2) is 6.29 Å². The number of halogens is 4. The zero-order valence-electron chi connectivity index (χ0n) is 6.51. The average Bonchev–Trinajstić information content (AvgIpc) is 2.01. The lowest BCUT2D eigenvalue weighted by Gasteiger charge is -2.07. The Labute approximate surface area is 81.5 Å². The van der Waals surface area contributed by atoms with Crippen molar-refractivity contribution >= 4 is 17.9 Å². The highest BCUT2D eigenvalue weighted by Gasteiger charge is 2.31. The molecule has 0 aliphatic heterocycles. The number of carbonyl (C=O) groups is 1. The number of pyridine rings is 1. The monoisotopic (exact) mass is 225 g/mol. The minimum absolute atomic E-state index is 0.00110. The second kappa shape index (κ2) is 3.83. The summed E-state index contributed by atoms with van der Waals surface area (Å²) >= 11 is 5.37. The molecule has 0 spiro atoms. The van der Waals surface area contributed by atoms with Crippen molar-refractivity contribution in [2.45, 2.75) is 6.36 Å². The maximum atomic E-state index is 11.7. The molecule has 7 heteroatoms. The van der Waals surface area contributed by atoms with E-state index in [1.54, 1.807) is 0 Å². The number of aromatic nitrogens is 1. The van der Waals surface area contributed by atoms with E-state index in [1.165, 1.54) is 0 Å². The summed E-state index contributed by atoms with van der Waals surface area (Å²) in [4.78, 5) is 13.5. The fourth-order valence-corrected chi connectivity index (χ4v) is 0.883. The van der Waals surface area contributed by atoms with Gasteiger partial charge in [-0.1, -0.05) is 11.6 Å². The van der Waals surface area contributed by atoms with Gasteiger partial charge in [-0.25, -0.2) is 4.98 Å². The first kappa shape index (κ1) is 10.8. The molecule has 0 saturated carbocycles. The van der Waals surface area contributed by atoms with E-state index in [0.717, 1.165) is 12.1 Å². The van der Waals surface area contributed by atoms with Crippen molar-refractivity contribution in [1.82, 2.24) is 4.98 Å². The van der Waals surface area contributed by atoms with Crippen molar-refractivity contribution in [3.63, 3.8) is 0 Å². The molecule has 0 fully saturated rings. The number of nitrogens with zero attached hydrogens (tertiary/aromatic N) is 1. The van der Waals surface area contributed by atoms with E-state index in [2.05, 4.69) is 9.72 Å². The summed E-state index contributed by atoms with van der Waals surface area (Å²) in [7, 11) is 0. The van der Waals surface area contributed by atoms with Crippen LogP contribution in [0.15, 0.2) is 12.1 Å². The highest BCUT2D eigenvalue weighted by Crippen LogP contribution is 2.23. The lowest BCUT2D eigenvalue weighted by atomic mass is 10.3. The van der Waals surface area contributed by atoms with Crippen LogP contribution in [0, 0.1) is 0 Å². The van der Waals surface area contributed by atoms with E-state index in [9.17, 15) is 18.0 Å². The van der Waals surface area contributed by atoms with Crippen molar-refractivity contribution in [2.24, 2.45) is 0 Å². The van der Waals surface area contributed by atoms with E-state index >= 15 is 0 Å². The van der Waals surface area contributed by atoms with Crippen molar-refractivity contribution in [3.05, 3.63) is 22.8 Å². The van der Waals surface area contributed by atoms with Gasteiger partial charge >= 0.3 is 6.36 Å². The number of carbonyl (C=O) groups excluding carboxylic acids is 1. The Hall–Kier alpha value is -1.30. The van der Waals surface area contributed by atoms with Crippen LogP contribution in [-0.4, -0.2) is 17.6 Å². The first-order chi connectivity index (χ1) is 6.42. The number of ether oxygens (including phenoxy) is 1. The third kappa shape index (κ3) is 2.88. The topological polar surface area (TPSA) is 39.2 Å². The third-order valence-corrected chi connectivity index (χ3v) is 1.50. The Morgan fingerprint density at radius 2 is 2.07 bits per heavy atom. The minimum Gasteiger partial charge on any atom is -0.388 e. The molecular formula is C7H3ClF3NO2. The lowest BCUT2D eigenvalue weighted by molar-refractivity contribution is -0.276. The molecule has 3 nitrogen and oxygen atoms in total. The Morgan fingerprint density at radius 3 is 2.50 bits per heavy atom. The van der Waals surface area contributed by atoms with Gasteiger partial charge in [-0.3, -0.25) is 4.79 Å². The molecule has 0 aliphatic rings. The zero-order chi connectivity index (χ0) is 10.8. The van der Waals surface area contributed by atoms with Gasteiger partial charge in [0.05, 0.1) is 5.56 Å². The molecular weight excluding hydrogens is 223 g/mol. The average molecular weight is 226 g/mol. The number of aldehydes is 1. The van der Waals surface area contributed by atoms with Gasteiger partial charge in [0.25, 0.3) is 0 Å². The second-order valence-corrected chi connectivity index (χ2v) is 2.55. The first-order valence-corrected chi connectivity index (χ1v) is 3.67. The van der Waals surface area contributed by atoms with Gasteiger partial charge in [0.2, 0.25) is 5.88 Å². The van der Waals surface area contributed by atoms with Crippen LogP contribution in [0.25, 0.3) is 0 Å². The molecule has 0 atom stereocenters. The van der Waals surface area contributed by atoms with Crippen LogP contribution in [0.4, 0.5) is 13.2 Å². The third-order valence-electron chi connectivity index (χ3n) is 1.20. The van der Waals surface area contributed by atoms with Gasteiger partial charge in [0.1, 0.15) is 5.15 Å². The highest BCUT2D eigenvalue weighted by atomic mass is 35.5. The molecule has 1 aromatic rings. The Morgan fingerprint density at radius 1 is 1.43 bits per heavy atom. The molecule has 1 rings (SSSR count). The fraction of sp³-hybridized carbons (Fsp3) is 0.143. The van der Waals surface area contributed by atoms with Crippen LogP contribution >= 0.6 is 11.6 Å². The maximum absolute atomic E-state index is 11.7. The van der Waals surface area contributed by atoms with Crippen molar-refractivity contribution in [3.8, 4) is 5.88 Å². The molecule has 0 amide bonds. The van der Waals surface area contributed by atoms with Gasteiger partial charge in [0, 0.05) is 6.07 Å². The van der Waals surface area contributed by atoms with Gasteiger partial charge in [-0.2, -0.15) is 0 Å². The molecule has 0 bridgehead atoms. The van der Waals surface area contributed by atoms with Gasteiger partial charge in [-0.05, 0) is 6.07 Å². The summed E-state index contributed by atoms with van der Waals surface area (Å²) in [5.74, 6) is -0.701. The van der Waals surface area contributed by atoms with Crippen LogP contribution in [0.5, 0.6) is 5.88 Å². The summed E-state index contributed by atoms with van der Waals surface area (Å²) in [6.45, 7) is 0. The predicted octanol–water partition coefficient (Wildman–Crippen LogP) is 2.45. The first-order valence-electron chi connectivity index (χ1n) is 3.30. The Bertz CT molecular complexity index is 353. The van der Waals surface area contributed by atoms with Crippen LogP contribution < -0.4 is 4.74 Å². The molecule has 14 heavy (non-hydrogen) atoms. The van der Waals surface area contributed by atoms with E-state index in [1.807, 2.05) is 0 Å². The lowest BCUT2D eigenvalue weighted by Crippen LogP contribution is -2.18. The molecule has 0 N–H and O–H groups in total. The summed E-state index contributed by atoms with van der Waals surface area (Å²) in [6, 6.07) is 1.99. The zero-order valence-corrected chi connectivity index (χ0v) is 7.26. The van der Waals surface area contributed by atoms with E-state index in [-0.39, 0.29) is 10.7 Å². The number of hydrogen-bond acceptors (Lipinski definition) is 3. The van der Waals surface area contributed by atoms with E-state index < -0.39 is 12.2 Å². The van der Waals surface area contributed by atoms with Crippen LogP contribution in [0.2, 0.25) is 5.15 Å². The molecule has 0 saturated heterocycles. The molecule has 1 heterocycles. The van der Waals surface area contributed by atoms with E-state index in [4.69, 9.17) is 11.6 Å². The molecule has 76 valence electrons. The van der Waals surface area contributed by atoms with Gasteiger partial charge in [-0.15, -0.1) is 13.2 Å². The largest absolute Gasteiger partial charge is 0.574 e. The molecule has 0 aromatic carbocycles. The van der Waals surface area contributed by atoms with Crippen molar-refractivity contribution in [2.75, 3.05) is 0 Å². The summed E-state index contributed by atoms with van der Waals surface area (Å²) < 4.78 is 38.5. The smallest absolute Gasteiger partial charge is 0.388 e. The molecule has 0 unspecified atom stereocenters. The SMILES string of the molecule is O=Cc1ccc(OC(F)(F)F)nc1Cl. The van der Waals surface area contributed by atoms with Crippen molar-refractivity contribution in [1.29, 1.82) is 0 Å². The Balaban J connectivity index is 2.92. The highest BCUT2D eigenvalue weighted by molar-refractivity contribution is 6.31. The maximum Gasteiger partial charge on any atom is 0.574 e. The fourth-order valence-electron chi connectivity index (χ4n) is 0.692. The molecule has 0 radical (unpaired) electrons. The molecule has 0 aliphatic carbocycles. The molecule has 1 aromatic heterocycles. The predicted molar refractivity (Wildman–Crippen MR) is 41.3 cm³/mol. The van der Waals surface area contributed by atoms with E-state index in [0.29, 0.717) is 6.29 Å². The van der Waals surface area contributed by atoms with Crippen LogP contribution in [0.3, 0.4) is 0 Å². The normalized spacial score (nSPS) is 11.1. The number of rotatable bonds is 2.